The smallest absolute Gasteiger partial charge is 0.320 e. The number of rotatable bonds is 7. The molecule has 5 heteroatoms. The van der Waals surface area contributed by atoms with E-state index in [1.807, 2.05) is 0 Å². The highest BCUT2D eigenvalue weighted by molar-refractivity contribution is 5.72. The molecular formula is C7H17N3O2. The van der Waals surface area contributed by atoms with Gasteiger partial charge in [0.05, 0.1) is 0 Å². The molecule has 0 unspecified atom stereocenters. The second-order valence-corrected chi connectivity index (χ2v) is 2.63. The van der Waals surface area contributed by atoms with Gasteiger partial charge in [-0.2, -0.15) is 0 Å². The van der Waals surface area contributed by atoms with Crippen LogP contribution in [0.3, 0.4) is 0 Å². The second-order valence-electron chi connectivity index (χ2n) is 2.63. The lowest BCUT2D eigenvalue weighted by atomic mass is 10.2. The summed E-state index contributed by atoms with van der Waals surface area (Å²) in [5.41, 5.74) is 10.5. The van der Waals surface area contributed by atoms with Crippen LogP contribution in [-0.4, -0.2) is 36.8 Å². The van der Waals surface area contributed by atoms with E-state index in [1.165, 1.54) is 0 Å². The fourth-order valence-electron chi connectivity index (χ4n) is 0.798. The Morgan fingerprint density at radius 2 is 2.17 bits per heavy atom. The zero-order valence-corrected chi connectivity index (χ0v) is 7.12. The van der Waals surface area contributed by atoms with Crippen LogP contribution in [0.5, 0.6) is 0 Å². The molecule has 0 aromatic heterocycles. The summed E-state index contributed by atoms with van der Waals surface area (Å²) >= 11 is 0. The van der Waals surface area contributed by atoms with Crippen molar-refractivity contribution in [2.75, 3.05) is 19.6 Å². The van der Waals surface area contributed by atoms with Crippen LogP contribution < -0.4 is 16.8 Å². The Hall–Kier alpha value is -0.650. The van der Waals surface area contributed by atoms with E-state index in [9.17, 15) is 4.79 Å². The first-order valence-corrected chi connectivity index (χ1v) is 4.07. The molecule has 6 N–H and O–H groups in total. The first-order chi connectivity index (χ1) is 5.68. The molecule has 0 aliphatic carbocycles. The van der Waals surface area contributed by atoms with Gasteiger partial charge >= 0.3 is 5.97 Å². The van der Waals surface area contributed by atoms with Crippen LogP contribution in [0.15, 0.2) is 0 Å². The van der Waals surface area contributed by atoms with Gasteiger partial charge < -0.3 is 21.9 Å². The summed E-state index contributed by atoms with van der Waals surface area (Å²) in [6.07, 6.45) is 1.28. The summed E-state index contributed by atoms with van der Waals surface area (Å²) in [5, 5.41) is 11.5. The lowest BCUT2D eigenvalue weighted by Gasteiger charge is -2.06. The first kappa shape index (κ1) is 11.4. The highest BCUT2D eigenvalue weighted by Gasteiger charge is 2.09. The Bertz CT molecular complexity index is 130. The van der Waals surface area contributed by atoms with Crippen LogP contribution >= 0.6 is 0 Å². The van der Waals surface area contributed by atoms with E-state index in [4.69, 9.17) is 16.6 Å². The quantitative estimate of drug-likeness (QED) is 0.361. The Balaban J connectivity index is 3.14. The third-order valence-electron chi connectivity index (χ3n) is 1.51. The Morgan fingerprint density at radius 1 is 1.50 bits per heavy atom. The van der Waals surface area contributed by atoms with Crippen LogP contribution in [0, 0.1) is 0 Å². The normalized spacial score (nSPS) is 12.8. The summed E-state index contributed by atoms with van der Waals surface area (Å²) in [4.78, 5) is 10.3. The van der Waals surface area contributed by atoms with Gasteiger partial charge in [0.15, 0.2) is 0 Å². The molecule has 0 fully saturated rings. The molecule has 0 radical (unpaired) electrons. The summed E-state index contributed by atoms with van der Waals surface area (Å²) in [5.74, 6) is -0.936. The summed E-state index contributed by atoms with van der Waals surface area (Å²) in [6, 6.07) is -0.732. The van der Waals surface area contributed by atoms with E-state index >= 15 is 0 Å². The molecule has 0 aromatic rings. The molecule has 0 aliphatic rings. The van der Waals surface area contributed by atoms with Crippen molar-refractivity contribution in [3.63, 3.8) is 0 Å². The Morgan fingerprint density at radius 3 is 2.67 bits per heavy atom. The van der Waals surface area contributed by atoms with Crippen LogP contribution in [0.25, 0.3) is 0 Å². The lowest BCUT2D eigenvalue weighted by molar-refractivity contribution is -0.138. The van der Waals surface area contributed by atoms with Gasteiger partial charge in [-0.1, -0.05) is 0 Å². The predicted molar refractivity (Wildman–Crippen MR) is 46.8 cm³/mol. The van der Waals surface area contributed by atoms with Crippen molar-refractivity contribution in [3.8, 4) is 0 Å². The van der Waals surface area contributed by atoms with E-state index in [0.29, 0.717) is 13.0 Å². The fraction of sp³-hybridized carbons (Fsp3) is 0.857. The number of aliphatic carboxylic acids is 1. The minimum absolute atomic E-state index is 0.507. The number of carboxylic acids is 1. The lowest BCUT2D eigenvalue weighted by Crippen LogP contribution is -2.31. The molecule has 0 heterocycles. The molecule has 0 saturated heterocycles. The first-order valence-electron chi connectivity index (χ1n) is 4.07. The maximum atomic E-state index is 10.3. The van der Waals surface area contributed by atoms with Gasteiger partial charge in [-0.25, -0.2) is 0 Å². The highest BCUT2D eigenvalue weighted by Crippen LogP contribution is 1.92. The monoisotopic (exact) mass is 175 g/mol. The van der Waals surface area contributed by atoms with Crippen molar-refractivity contribution >= 4 is 5.97 Å². The summed E-state index contributed by atoms with van der Waals surface area (Å²) in [7, 11) is 0. The van der Waals surface area contributed by atoms with Crippen molar-refractivity contribution < 1.29 is 9.90 Å². The van der Waals surface area contributed by atoms with Crippen LogP contribution in [0.2, 0.25) is 0 Å². The summed E-state index contributed by atoms with van der Waals surface area (Å²) in [6.45, 7) is 2.14. The van der Waals surface area contributed by atoms with E-state index < -0.39 is 12.0 Å². The third kappa shape index (κ3) is 6.09. The molecule has 5 nitrogen and oxygen atoms in total. The standard InChI is InChI=1S/C7H17N3O2/c8-3-5-10-4-1-2-6(9)7(11)12/h6,10H,1-5,8-9H2,(H,11,12)/t6-/m0/s1. The van der Waals surface area contributed by atoms with Crippen LogP contribution in [0.4, 0.5) is 0 Å². The van der Waals surface area contributed by atoms with Gasteiger partial charge in [0.2, 0.25) is 0 Å². The van der Waals surface area contributed by atoms with Crippen molar-refractivity contribution in [2.45, 2.75) is 18.9 Å². The number of nitrogens with one attached hydrogen (secondary N) is 1. The molecule has 0 spiro atoms. The topological polar surface area (TPSA) is 101 Å². The van der Waals surface area contributed by atoms with Crippen molar-refractivity contribution in [1.82, 2.24) is 5.32 Å². The number of hydrogen-bond donors (Lipinski definition) is 4. The fourth-order valence-corrected chi connectivity index (χ4v) is 0.798. The summed E-state index contributed by atoms with van der Waals surface area (Å²) < 4.78 is 0. The molecule has 72 valence electrons. The molecule has 0 amide bonds. The zero-order chi connectivity index (χ0) is 9.40. The Labute approximate surface area is 72.1 Å². The molecule has 12 heavy (non-hydrogen) atoms. The largest absolute Gasteiger partial charge is 0.480 e. The van der Waals surface area contributed by atoms with E-state index in [0.717, 1.165) is 19.5 Å². The maximum Gasteiger partial charge on any atom is 0.320 e. The van der Waals surface area contributed by atoms with E-state index in [1.54, 1.807) is 0 Å². The molecule has 0 aromatic carbocycles. The minimum Gasteiger partial charge on any atom is -0.480 e. The number of carboxylic acid groups (broad SMARTS) is 1. The molecule has 0 saturated carbocycles. The van der Waals surface area contributed by atoms with E-state index in [-0.39, 0.29) is 0 Å². The molecule has 0 bridgehead atoms. The van der Waals surface area contributed by atoms with Gasteiger partial charge in [-0.05, 0) is 19.4 Å². The van der Waals surface area contributed by atoms with Gasteiger partial charge in [-0.15, -0.1) is 0 Å². The second kappa shape index (κ2) is 7.02. The average molecular weight is 175 g/mol. The van der Waals surface area contributed by atoms with Gasteiger partial charge in [-0.3, -0.25) is 4.79 Å². The SMILES string of the molecule is NCCNCCC[C@H](N)C(=O)O. The van der Waals surface area contributed by atoms with Gasteiger partial charge in [0.1, 0.15) is 6.04 Å². The zero-order valence-electron chi connectivity index (χ0n) is 7.12. The Kier molecular flexibility index (Phi) is 6.64. The predicted octanol–water partition coefficient (Wildman–Crippen LogP) is -1.27. The molecular weight excluding hydrogens is 158 g/mol. The molecule has 1 atom stereocenters. The molecule has 0 aliphatic heterocycles. The van der Waals surface area contributed by atoms with Crippen LogP contribution in [0.1, 0.15) is 12.8 Å². The van der Waals surface area contributed by atoms with Crippen molar-refractivity contribution in [2.24, 2.45) is 11.5 Å². The van der Waals surface area contributed by atoms with Gasteiger partial charge in [0.25, 0.3) is 0 Å². The highest BCUT2D eigenvalue weighted by atomic mass is 16.4. The van der Waals surface area contributed by atoms with Gasteiger partial charge in [0, 0.05) is 13.1 Å². The van der Waals surface area contributed by atoms with E-state index in [2.05, 4.69) is 5.32 Å². The number of carbonyl (C=O) groups is 1. The third-order valence-corrected chi connectivity index (χ3v) is 1.51. The van der Waals surface area contributed by atoms with Crippen molar-refractivity contribution in [3.05, 3.63) is 0 Å². The number of hydrogen-bond acceptors (Lipinski definition) is 4. The van der Waals surface area contributed by atoms with Crippen molar-refractivity contribution in [1.29, 1.82) is 0 Å². The molecule has 0 rings (SSSR count). The number of nitrogens with two attached hydrogens (primary N) is 2. The van der Waals surface area contributed by atoms with Crippen LogP contribution in [-0.2, 0) is 4.79 Å². The average Bonchev–Trinajstić information content (AvgIpc) is 2.03. The maximum absolute atomic E-state index is 10.3. The minimum atomic E-state index is -0.936.